The van der Waals surface area contributed by atoms with Crippen molar-refractivity contribution < 1.29 is 31.2 Å². The van der Waals surface area contributed by atoms with Crippen LogP contribution in [0.5, 0.6) is 0 Å². The third-order valence-electron chi connectivity index (χ3n) is 8.37. The Morgan fingerprint density at radius 2 is 1.78 bits per heavy atom. The van der Waals surface area contributed by atoms with Gasteiger partial charge in [-0.2, -0.15) is 30.6 Å². The number of rotatable bonds is 5. The topological polar surface area (TPSA) is 90.0 Å². The van der Waals surface area contributed by atoms with E-state index in [4.69, 9.17) is 0 Å². The molecule has 3 fully saturated rings. The Kier molecular flexibility index (Phi) is 6.57. The lowest BCUT2D eigenvalue weighted by atomic mass is 9.79. The monoisotopic (exact) mass is 528 g/mol. The van der Waals surface area contributed by atoms with Crippen LogP contribution in [0.25, 0.3) is 0 Å². The van der Waals surface area contributed by atoms with E-state index in [1.54, 1.807) is 11.0 Å². The second-order valence-corrected chi connectivity index (χ2v) is 12.2. The predicted octanol–water partition coefficient (Wildman–Crippen LogP) is 2.24. The van der Waals surface area contributed by atoms with Crippen molar-refractivity contribution in [3.05, 3.63) is 29.3 Å². The number of carbonyl (C=O) groups is 2. The number of fused-ring (bicyclic) bond motifs is 1. The lowest BCUT2D eigenvalue weighted by molar-refractivity contribution is -0.136. The number of halogens is 3. The summed E-state index contributed by atoms with van der Waals surface area (Å²) in [5.41, 5.74) is 1.60. The number of nitrogens with zero attached hydrogens (tertiary/aromatic N) is 3. The Labute approximate surface area is 209 Å². The van der Waals surface area contributed by atoms with Gasteiger partial charge in [0.2, 0.25) is 12.3 Å². The Balaban J connectivity index is 1.37. The molecular formula is C24H31F3N4O4S. The third-order valence-corrected chi connectivity index (χ3v) is 9.94. The molecular weight excluding hydrogens is 497 g/mol. The molecule has 2 bridgehead atoms. The summed E-state index contributed by atoms with van der Waals surface area (Å²) < 4.78 is 67.7. The average Bonchev–Trinajstić information content (AvgIpc) is 3.21. The van der Waals surface area contributed by atoms with Gasteiger partial charge >= 0.3 is 6.18 Å². The van der Waals surface area contributed by atoms with Crippen molar-refractivity contribution in [3.63, 3.8) is 0 Å². The van der Waals surface area contributed by atoms with E-state index in [0.29, 0.717) is 48.8 Å². The number of hydrogen-bond donors (Lipinski definition) is 1. The highest BCUT2D eigenvalue weighted by atomic mass is 32.2. The van der Waals surface area contributed by atoms with E-state index in [2.05, 4.69) is 4.72 Å². The lowest BCUT2D eigenvalue weighted by Gasteiger charge is -2.33. The fraction of sp³-hybridized carbons (Fsp3) is 0.667. The number of nitrogens with one attached hydrogen (secondary N) is 1. The molecule has 1 aromatic rings. The number of anilines is 1. The van der Waals surface area contributed by atoms with E-state index >= 15 is 0 Å². The lowest BCUT2D eigenvalue weighted by Crippen LogP contribution is -2.52. The molecule has 36 heavy (non-hydrogen) atoms. The summed E-state index contributed by atoms with van der Waals surface area (Å²) in [6.07, 6.45) is 1.53. The van der Waals surface area contributed by atoms with Crippen LogP contribution in [0.2, 0.25) is 0 Å². The van der Waals surface area contributed by atoms with Crippen LogP contribution in [0.1, 0.15) is 43.2 Å². The number of amides is 2. The zero-order valence-corrected chi connectivity index (χ0v) is 20.8. The molecule has 1 spiro atoms. The number of hydrogen-bond acceptors (Lipinski definition) is 4. The van der Waals surface area contributed by atoms with Gasteiger partial charge in [0.15, 0.2) is 0 Å². The summed E-state index contributed by atoms with van der Waals surface area (Å²) in [6.45, 7) is -0.357. The number of piperidine rings is 1. The number of alkyl halides is 3. The highest BCUT2D eigenvalue weighted by Gasteiger charge is 2.60. The minimum Gasteiger partial charge on any atom is -0.341 e. The van der Waals surface area contributed by atoms with Gasteiger partial charge in [-0.25, -0.2) is 0 Å². The molecule has 2 aliphatic heterocycles. The van der Waals surface area contributed by atoms with Crippen molar-refractivity contribution >= 4 is 28.2 Å². The molecule has 2 saturated heterocycles. The second kappa shape index (κ2) is 9.29. The molecule has 5 rings (SSSR count). The molecule has 0 radical (unpaired) electrons. The van der Waals surface area contributed by atoms with E-state index in [0.717, 1.165) is 36.8 Å². The van der Waals surface area contributed by atoms with E-state index < -0.39 is 28.5 Å². The van der Waals surface area contributed by atoms with E-state index in [-0.39, 0.29) is 30.8 Å². The van der Waals surface area contributed by atoms with Crippen LogP contribution in [0.15, 0.2) is 18.2 Å². The van der Waals surface area contributed by atoms with Crippen LogP contribution in [-0.2, 0) is 32.6 Å². The van der Waals surface area contributed by atoms with Crippen LogP contribution < -0.4 is 9.62 Å². The Morgan fingerprint density at radius 1 is 1.11 bits per heavy atom. The molecule has 3 unspecified atom stereocenters. The van der Waals surface area contributed by atoms with Gasteiger partial charge in [0.25, 0.3) is 10.2 Å². The van der Waals surface area contributed by atoms with Crippen LogP contribution in [0, 0.1) is 11.8 Å². The Bertz CT molecular complexity index is 1140. The average molecular weight is 529 g/mol. The van der Waals surface area contributed by atoms with Crippen molar-refractivity contribution in [2.75, 3.05) is 37.6 Å². The fourth-order valence-corrected chi connectivity index (χ4v) is 8.30. The molecule has 2 aliphatic carbocycles. The maximum absolute atomic E-state index is 13.1. The molecule has 8 nitrogen and oxygen atoms in total. The van der Waals surface area contributed by atoms with Gasteiger partial charge in [-0.3, -0.25) is 9.59 Å². The fourth-order valence-electron chi connectivity index (χ4n) is 6.59. The van der Waals surface area contributed by atoms with Crippen LogP contribution in [-0.4, -0.2) is 74.4 Å². The molecule has 2 amide bonds. The smallest absolute Gasteiger partial charge is 0.341 e. The Morgan fingerprint density at radius 3 is 2.42 bits per heavy atom. The normalized spacial score (nSPS) is 29.7. The van der Waals surface area contributed by atoms with Crippen LogP contribution in [0.4, 0.5) is 18.9 Å². The minimum atomic E-state index is -4.62. The summed E-state index contributed by atoms with van der Waals surface area (Å²) in [4.78, 5) is 27.8. The summed E-state index contributed by atoms with van der Waals surface area (Å²) in [5.74, 6) is -0.378. The molecule has 1 aromatic carbocycles. The standard InChI is InChI=1S/C24H31F3N4O4S/c25-24(26,27)15-31-14-23(28-36(31,34)35)19-5-6-20(23)11-18-12-21(7-4-17(18)10-19)30(16-32)13-22(33)29-8-2-1-3-9-29/h4,7,12,16,19-20,28H,1-3,5-6,8-11,13-15H2. The molecule has 0 aromatic heterocycles. The SMILES string of the molecule is O=CN(CC(=O)N1CCCCC1)c1ccc2c(c1)CC1CCC(C2)C12CN(CC(F)(F)F)S(=O)(=O)N2. The predicted molar refractivity (Wildman–Crippen MR) is 126 cm³/mol. The van der Waals surface area contributed by atoms with E-state index in [9.17, 15) is 31.2 Å². The molecule has 4 aliphatic rings. The van der Waals surface area contributed by atoms with Crippen LogP contribution in [0.3, 0.4) is 0 Å². The first-order chi connectivity index (χ1) is 17.0. The van der Waals surface area contributed by atoms with E-state index in [1.165, 1.54) is 4.90 Å². The largest absolute Gasteiger partial charge is 0.402 e. The van der Waals surface area contributed by atoms with Gasteiger partial charge in [-0.1, -0.05) is 6.07 Å². The van der Waals surface area contributed by atoms with Gasteiger partial charge < -0.3 is 9.80 Å². The van der Waals surface area contributed by atoms with Gasteiger partial charge in [0.1, 0.15) is 13.1 Å². The number of benzene rings is 1. The van der Waals surface area contributed by atoms with Crippen molar-refractivity contribution in [1.29, 1.82) is 0 Å². The molecule has 1 saturated carbocycles. The third kappa shape index (κ3) is 4.74. The minimum absolute atomic E-state index is 0.0511. The maximum Gasteiger partial charge on any atom is 0.402 e. The van der Waals surface area contributed by atoms with Crippen LogP contribution >= 0.6 is 0 Å². The first-order valence-corrected chi connectivity index (χ1v) is 13.9. The highest BCUT2D eigenvalue weighted by Crippen LogP contribution is 2.50. The van der Waals surface area contributed by atoms with E-state index in [1.807, 2.05) is 12.1 Å². The van der Waals surface area contributed by atoms with Crippen molar-refractivity contribution in [3.8, 4) is 0 Å². The molecule has 3 atom stereocenters. The van der Waals surface area contributed by atoms with Gasteiger partial charge in [0.05, 0.1) is 5.54 Å². The van der Waals surface area contributed by atoms with Gasteiger partial charge in [0, 0.05) is 25.3 Å². The zero-order chi connectivity index (χ0) is 25.7. The molecule has 12 heteroatoms. The first kappa shape index (κ1) is 25.5. The molecule has 1 N–H and O–H groups in total. The summed E-state index contributed by atoms with van der Waals surface area (Å²) in [5, 5.41) is 0. The summed E-state index contributed by atoms with van der Waals surface area (Å²) in [6, 6.07) is 5.56. The summed E-state index contributed by atoms with van der Waals surface area (Å²) >= 11 is 0. The number of likely N-dealkylation sites (tertiary alicyclic amines) is 1. The van der Waals surface area contributed by atoms with Gasteiger partial charge in [-0.15, -0.1) is 0 Å². The Hall–Kier alpha value is -2.18. The van der Waals surface area contributed by atoms with Crippen molar-refractivity contribution in [2.45, 2.75) is 56.7 Å². The zero-order valence-electron chi connectivity index (χ0n) is 20.0. The number of carbonyl (C=O) groups excluding carboxylic acids is 2. The molecule has 2 heterocycles. The first-order valence-electron chi connectivity index (χ1n) is 12.5. The highest BCUT2D eigenvalue weighted by molar-refractivity contribution is 7.87. The second-order valence-electron chi connectivity index (χ2n) is 10.5. The van der Waals surface area contributed by atoms with Crippen molar-refractivity contribution in [1.82, 2.24) is 13.9 Å². The summed E-state index contributed by atoms with van der Waals surface area (Å²) in [7, 11) is -4.24. The van der Waals surface area contributed by atoms with Gasteiger partial charge in [-0.05, 0) is 80.0 Å². The van der Waals surface area contributed by atoms with Crippen molar-refractivity contribution in [2.24, 2.45) is 11.8 Å². The molecule has 198 valence electrons. The maximum atomic E-state index is 13.1. The quantitative estimate of drug-likeness (QED) is 0.594.